The summed E-state index contributed by atoms with van der Waals surface area (Å²) >= 11 is 0. The number of nitrogens with one attached hydrogen (secondary N) is 1. The zero-order chi connectivity index (χ0) is 20.8. The van der Waals surface area contributed by atoms with Gasteiger partial charge in [-0.2, -0.15) is 5.10 Å². The van der Waals surface area contributed by atoms with Crippen molar-refractivity contribution in [1.29, 1.82) is 0 Å². The molecule has 1 saturated heterocycles. The summed E-state index contributed by atoms with van der Waals surface area (Å²) in [4.78, 5) is 2.41. The van der Waals surface area contributed by atoms with Crippen LogP contribution in [0.25, 0.3) is 11.3 Å². The number of H-pyrrole nitrogens is 1. The zero-order valence-corrected chi connectivity index (χ0v) is 17.4. The molecule has 2 aromatic carbocycles. The molecule has 0 radical (unpaired) electrons. The summed E-state index contributed by atoms with van der Waals surface area (Å²) in [6, 6.07) is 17.2. The highest BCUT2D eigenvalue weighted by atomic mass is 19.1. The van der Waals surface area contributed by atoms with Crippen LogP contribution in [0, 0.1) is 11.2 Å². The van der Waals surface area contributed by atoms with E-state index < -0.39 is 0 Å². The maximum absolute atomic E-state index is 13.7. The number of aliphatic hydroxyl groups excluding tert-OH is 1. The molecule has 5 heteroatoms. The van der Waals surface area contributed by atoms with Crippen LogP contribution >= 0.6 is 0 Å². The lowest BCUT2D eigenvalue weighted by Gasteiger charge is -2.42. The van der Waals surface area contributed by atoms with Crippen molar-refractivity contribution in [3.63, 3.8) is 0 Å². The van der Waals surface area contributed by atoms with Crippen LogP contribution in [0.2, 0.25) is 0 Å². The number of aromatic amines is 1. The molecule has 0 amide bonds. The Morgan fingerprint density at radius 2 is 2.00 bits per heavy atom. The third kappa shape index (κ3) is 4.97. The lowest BCUT2D eigenvalue weighted by Crippen LogP contribution is -2.45. The van der Waals surface area contributed by atoms with Gasteiger partial charge in [0.25, 0.3) is 0 Å². The van der Waals surface area contributed by atoms with Crippen molar-refractivity contribution in [2.45, 2.75) is 38.6 Å². The number of aryl methyl sites for hydroxylation is 1. The average Bonchev–Trinajstić information content (AvgIpc) is 3.23. The molecule has 30 heavy (non-hydrogen) atoms. The summed E-state index contributed by atoms with van der Waals surface area (Å²) < 4.78 is 13.7. The van der Waals surface area contributed by atoms with E-state index in [2.05, 4.69) is 39.4 Å². The molecular formula is C25H30FN3O. The van der Waals surface area contributed by atoms with Gasteiger partial charge >= 0.3 is 0 Å². The first-order chi connectivity index (χ1) is 14.7. The van der Waals surface area contributed by atoms with Crippen molar-refractivity contribution in [2.24, 2.45) is 5.41 Å². The second-order valence-corrected chi connectivity index (χ2v) is 8.59. The van der Waals surface area contributed by atoms with Crippen LogP contribution in [0.5, 0.6) is 0 Å². The minimum atomic E-state index is -0.247. The number of aromatic nitrogens is 2. The Bertz CT molecular complexity index is 942. The van der Waals surface area contributed by atoms with Crippen molar-refractivity contribution in [3.05, 3.63) is 77.7 Å². The molecule has 4 nitrogen and oxygen atoms in total. The van der Waals surface area contributed by atoms with E-state index in [1.165, 1.54) is 17.7 Å². The van der Waals surface area contributed by atoms with Crippen molar-refractivity contribution in [3.8, 4) is 11.3 Å². The van der Waals surface area contributed by atoms with E-state index in [0.29, 0.717) is 0 Å². The monoisotopic (exact) mass is 407 g/mol. The number of piperidine rings is 1. The molecule has 0 saturated carbocycles. The van der Waals surface area contributed by atoms with Crippen LogP contribution in [0.4, 0.5) is 4.39 Å². The van der Waals surface area contributed by atoms with Crippen LogP contribution in [-0.4, -0.2) is 39.9 Å². The van der Waals surface area contributed by atoms with Gasteiger partial charge in [-0.25, -0.2) is 4.39 Å². The predicted octanol–water partition coefficient (Wildman–Crippen LogP) is 4.81. The predicted molar refractivity (Wildman–Crippen MR) is 117 cm³/mol. The molecule has 0 bridgehead atoms. The maximum atomic E-state index is 13.7. The van der Waals surface area contributed by atoms with E-state index in [-0.39, 0.29) is 17.8 Å². The molecule has 1 aromatic heterocycles. The van der Waals surface area contributed by atoms with E-state index in [9.17, 15) is 9.50 Å². The summed E-state index contributed by atoms with van der Waals surface area (Å²) in [5.74, 6) is -0.247. The van der Waals surface area contributed by atoms with Crippen molar-refractivity contribution >= 4 is 0 Å². The average molecular weight is 408 g/mol. The van der Waals surface area contributed by atoms with Crippen molar-refractivity contribution in [2.75, 3.05) is 19.7 Å². The second kappa shape index (κ2) is 9.54. The first-order valence-corrected chi connectivity index (χ1v) is 10.8. The van der Waals surface area contributed by atoms with Crippen LogP contribution in [0.15, 0.2) is 60.8 Å². The van der Waals surface area contributed by atoms with Gasteiger partial charge in [-0.1, -0.05) is 42.5 Å². The molecule has 0 spiro atoms. The van der Waals surface area contributed by atoms with Gasteiger partial charge in [0, 0.05) is 36.2 Å². The fraction of sp³-hybridized carbons (Fsp3) is 0.400. The number of benzene rings is 2. The molecule has 3 aromatic rings. The Balaban J connectivity index is 1.40. The fourth-order valence-electron chi connectivity index (χ4n) is 4.74. The minimum absolute atomic E-state index is 0.0458. The Morgan fingerprint density at radius 3 is 2.80 bits per heavy atom. The van der Waals surface area contributed by atoms with Gasteiger partial charge in [0.05, 0.1) is 11.9 Å². The molecule has 1 unspecified atom stereocenters. The van der Waals surface area contributed by atoms with Crippen LogP contribution in [0.1, 0.15) is 36.8 Å². The molecule has 2 heterocycles. The van der Waals surface area contributed by atoms with Gasteiger partial charge in [-0.15, -0.1) is 0 Å². The molecule has 1 fully saturated rings. The molecular weight excluding hydrogens is 377 g/mol. The van der Waals surface area contributed by atoms with Gasteiger partial charge in [0.2, 0.25) is 0 Å². The summed E-state index contributed by atoms with van der Waals surface area (Å²) in [5, 5.41) is 17.5. The van der Waals surface area contributed by atoms with Crippen molar-refractivity contribution < 1.29 is 9.50 Å². The van der Waals surface area contributed by atoms with Gasteiger partial charge in [-0.3, -0.25) is 10.00 Å². The number of halogens is 1. The summed E-state index contributed by atoms with van der Waals surface area (Å²) in [5.41, 5.74) is 4.07. The smallest absolute Gasteiger partial charge is 0.123 e. The number of hydrogen-bond donors (Lipinski definition) is 2. The number of likely N-dealkylation sites (tertiary alicyclic amines) is 1. The standard InChI is InChI=1S/C25H30FN3O/c26-23-11-4-10-21(15-23)24-22(16-27-28-24)17-29-14-6-13-25(18-29,19-30)12-5-9-20-7-2-1-3-8-20/h1-4,7-8,10-11,15-16,30H,5-6,9,12-14,17-19H2,(H,27,28). The third-order valence-electron chi connectivity index (χ3n) is 6.32. The van der Waals surface area contributed by atoms with Crippen molar-refractivity contribution in [1.82, 2.24) is 15.1 Å². The number of nitrogens with zero attached hydrogens (tertiary/aromatic N) is 2. The minimum Gasteiger partial charge on any atom is -0.396 e. The number of rotatable bonds is 8. The van der Waals surface area contributed by atoms with E-state index in [4.69, 9.17) is 0 Å². The maximum Gasteiger partial charge on any atom is 0.123 e. The summed E-state index contributed by atoms with van der Waals surface area (Å²) in [6.07, 6.45) is 7.14. The highest BCUT2D eigenvalue weighted by Gasteiger charge is 2.34. The van der Waals surface area contributed by atoms with Gasteiger partial charge in [0.15, 0.2) is 0 Å². The molecule has 158 valence electrons. The summed E-state index contributed by atoms with van der Waals surface area (Å²) in [6.45, 7) is 2.86. The molecule has 1 atom stereocenters. The van der Waals surface area contributed by atoms with Crippen LogP contribution in [0.3, 0.4) is 0 Å². The highest BCUT2D eigenvalue weighted by Crippen LogP contribution is 2.36. The molecule has 1 aliphatic rings. The van der Waals surface area contributed by atoms with Crippen LogP contribution < -0.4 is 0 Å². The lowest BCUT2D eigenvalue weighted by atomic mass is 9.76. The first kappa shape index (κ1) is 20.8. The second-order valence-electron chi connectivity index (χ2n) is 8.59. The topological polar surface area (TPSA) is 52.1 Å². The highest BCUT2D eigenvalue weighted by molar-refractivity contribution is 5.62. The Kier molecular flexibility index (Phi) is 6.60. The van der Waals surface area contributed by atoms with E-state index in [1.54, 1.807) is 6.07 Å². The Morgan fingerprint density at radius 1 is 1.13 bits per heavy atom. The van der Waals surface area contributed by atoms with E-state index >= 15 is 0 Å². The molecule has 1 aliphatic heterocycles. The van der Waals surface area contributed by atoms with Gasteiger partial charge < -0.3 is 5.11 Å². The zero-order valence-electron chi connectivity index (χ0n) is 17.4. The third-order valence-corrected chi connectivity index (χ3v) is 6.32. The lowest BCUT2D eigenvalue weighted by molar-refractivity contribution is 0.0208. The quantitative estimate of drug-likeness (QED) is 0.563. The van der Waals surface area contributed by atoms with E-state index in [1.807, 2.05) is 18.3 Å². The normalized spacial score (nSPS) is 19.8. The molecule has 4 rings (SSSR count). The van der Waals surface area contributed by atoms with E-state index in [0.717, 1.165) is 68.6 Å². The number of aliphatic hydroxyl groups is 1. The fourth-order valence-corrected chi connectivity index (χ4v) is 4.74. The molecule has 0 aliphatic carbocycles. The Labute approximate surface area is 177 Å². The molecule has 2 N–H and O–H groups in total. The summed E-state index contributed by atoms with van der Waals surface area (Å²) in [7, 11) is 0. The van der Waals surface area contributed by atoms with Crippen LogP contribution in [-0.2, 0) is 13.0 Å². The Hall–Kier alpha value is -2.50. The van der Waals surface area contributed by atoms with Gasteiger partial charge in [0.1, 0.15) is 5.82 Å². The first-order valence-electron chi connectivity index (χ1n) is 10.8. The SMILES string of the molecule is OCC1(CCCc2ccccc2)CCCN(Cc2cn[nH]c2-c2cccc(F)c2)C1. The largest absolute Gasteiger partial charge is 0.396 e. The van der Waals surface area contributed by atoms with Gasteiger partial charge in [-0.05, 0) is 56.3 Å². The number of hydrogen-bond acceptors (Lipinski definition) is 3.